The summed E-state index contributed by atoms with van der Waals surface area (Å²) < 4.78 is 11.0. The lowest BCUT2D eigenvalue weighted by Crippen LogP contribution is -2.04. The fourth-order valence-electron chi connectivity index (χ4n) is 1.91. The Hall–Kier alpha value is -2.63. The molecule has 0 fully saturated rings. The van der Waals surface area contributed by atoms with Crippen molar-refractivity contribution >= 4 is 5.82 Å². The van der Waals surface area contributed by atoms with Crippen molar-refractivity contribution in [2.24, 2.45) is 0 Å². The van der Waals surface area contributed by atoms with Gasteiger partial charge in [-0.25, -0.2) is 0 Å². The first-order valence-electron chi connectivity index (χ1n) is 7.08. The van der Waals surface area contributed by atoms with Crippen molar-refractivity contribution in [3.63, 3.8) is 0 Å². The van der Waals surface area contributed by atoms with E-state index < -0.39 is 4.92 Å². The number of nitrogens with zero attached hydrogens (tertiary/aromatic N) is 2. The van der Waals surface area contributed by atoms with Crippen LogP contribution in [0.1, 0.15) is 18.4 Å². The molecular formula is C16H18N2O4. The minimum Gasteiger partial charge on any atom is -0.494 e. The minimum absolute atomic E-state index is 0.201. The van der Waals surface area contributed by atoms with Gasteiger partial charge in [0, 0.05) is 0 Å². The van der Waals surface area contributed by atoms with Crippen LogP contribution in [0.15, 0.2) is 42.6 Å². The van der Waals surface area contributed by atoms with Gasteiger partial charge < -0.3 is 19.6 Å². The third-order valence-corrected chi connectivity index (χ3v) is 2.98. The number of hydrogen-bond acceptors (Lipinski definition) is 5. The lowest BCUT2D eigenvalue weighted by atomic mass is 10.2. The van der Waals surface area contributed by atoms with Gasteiger partial charge in [-0.05, 0) is 59.5 Å². The van der Waals surface area contributed by atoms with Crippen LogP contribution in [0.2, 0.25) is 0 Å². The van der Waals surface area contributed by atoms with Crippen LogP contribution in [-0.4, -0.2) is 23.1 Å². The van der Waals surface area contributed by atoms with Gasteiger partial charge in [0.1, 0.15) is 11.9 Å². The second-order valence-corrected chi connectivity index (χ2v) is 4.80. The van der Waals surface area contributed by atoms with Crippen LogP contribution in [-0.2, 0) is 0 Å². The molecule has 0 N–H and O–H groups in total. The fourth-order valence-corrected chi connectivity index (χ4v) is 1.91. The van der Waals surface area contributed by atoms with E-state index in [4.69, 9.17) is 9.47 Å². The molecule has 22 heavy (non-hydrogen) atoms. The summed E-state index contributed by atoms with van der Waals surface area (Å²) in [6.45, 7) is 2.99. The van der Waals surface area contributed by atoms with E-state index in [1.165, 1.54) is 6.20 Å². The summed E-state index contributed by atoms with van der Waals surface area (Å²) in [5.74, 6) is 0.800. The molecular weight excluding hydrogens is 284 g/mol. The molecule has 1 aromatic carbocycles. The van der Waals surface area contributed by atoms with E-state index in [2.05, 4.69) is 4.98 Å². The van der Waals surface area contributed by atoms with Gasteiger partial charge in [0.05, 0.1) is 13.2 Å². The molecule has 0 spiro atoms. The van der Waals surface area contributed by atoms with Crippen molar-refractivity contribution in [3.05, 3.63) is 58.3 Å². The normalized spacial score (nSPS) is 10.2. The maximum absolute atomic E-state index is 10.8. The van der Waals surface area contributed by atoms with Crippen molar-refractivity contribution in [1.82, 2.24) is 4.98 Å². The third kappa shape index (κ3) is 4.73. The molecule has 0 aliphatic heterocycles. The largest absolute Gasteiger partial charge is 0.494 e. The first-order chi connectivity index (χ1) is 10.7. The van der Waals surface area contributed by atoms with Crippen molar-refractivity contribution in [2.75, 3.05) is 13.2 Å². The van der Waals surface area contributed by atoms with Crippen LogP contribution in [0.25, 0.3) is 0 Å². The monoisotopic (exact) mass is 302 g/mol. The number of aryl methyl sites for hydroxylation is 1. The second kappa shape index (κ2) is 7.97. The highest BCUT2D eigenvalue weighted by Gasteiger charge is 2.14. The molecule has 0 saturated carbocycles. The summed E-state index contributed by atoms with van der Waals surface area (Å²) in [4.78, 5) is 13.9. The SMILES string of the molecule is Cc1cccc(OCCCCOc2cccnc2[N+](=O)[O-])c1. The van der Waals surface area contributed by atoms with Gasteiger partial charge in [0.15, 0.2) is 0 Å². The van der Waals surface area contributed by atoms with Gasteiger partial charge in [-0.3, -0.25) is 0 Å². The number of benzene rings is 1. The molecule has 0 amide bonds. The van der Waals surface area contributed by atoms with E-state index in [0.29, 0.717) is 13.2 Å². The van der Waals surface area contributed by atoms with Crippen LogP contribution >= 0.6 is 0 Å². The summed E-state index contributed by atoms with van der Waals surface area (Å²) in [5, 5.41) is 10.8. The van der Waals surface area contributed by atoms with Gasteiger partial charge in [0.25, 0.3) is 0 Å². The maximum Gasteiger partial charge on any atom is 0.406 e. The Kier molecular flexibility index (Phi) is 5.71. The van der Waals surface area contributed by atoms with Crippen LogP contribution in [0, 0.1) is 17.0 Å². The summed E-state index contributed by atoms with van der Waals surface area (Å²) in [6.07, 6.45) is 2.93. The molecule has 0 atom stereocenters. The number of pyridine rings is 1. The zero-order valence-corrected chi connectivity index (χ0v) is 12.4. The summed E-state index contributed by atoms with van der Waals surface area (Å²) >= 11 is 0. The smallest absolute Gasteiger partial charge is 0.406 e. The number of ether oxygens (including phenoxy) is 2. The molecule has 0 saturated heterocycles. The molecule has 0 unspecified atom stereocenters. The second-order valence-electron chi connectivity index (χ2n) is 4.80. The van der Waals surface area contributed by atoms with Crippen molar-refractivity contribution in [1.29, 1.82) is 0 Å². The Balaban J connectivity index is 1.69. The Morgan fingerprint density at radius 1 is 1.14 bits per heavy atom. The first-order valence-corrected chi connectivity index (χ1v) is 7.08. The number of hydrogen-bond donors (Lipinski definition) is 0. The Labute approximate surface area is 128 Å². The van der Waals surface area contributed by atoms with Gasteiger partial charge in [0.2, 0.25) is 5.75 Å². The third-order valence-electron chi connectivity index (χ3n) is 2.98. The number of unbranched alkanes of at least 4 members (excludes halogenated alkanes) is 1. The maximum atomic E-state index is 10.8. The quantitative estimate of drug-likeness (QED) is 0.423. The van der Waals surface area contributed by atoms with E-state index in [1.807, 2.05) is 31.2 Å². The lowest BCUT2D eigenvalue weighted by molar-refractivity contribution is -0.390. The van der Waals surface area contributed by atoms with E-state index in [9.17, 15) is 10.1 Å². The molecule has 1 heterocycles. The zero-order valence-electron chi connectivity index (χ0n) is 12.4. The van der Waals surface area contributed by atoms with E-state index in [0.717, 1.165) is 24.2 Å². The van der Waals surface area contributed by atoms with Crippen LogP contribution in [0.4, 0.5) is 5.82 Å². The molecule has 1 aromatic heterocycles. The highest BCUT2D eigenvalue weighted by molar-refractivity contribution is 5.38. The molecule has 116 valence electrons. The summed E-state index contributed by atoms with van der Waals surface area (Å²) in [7, 11) is 0. The molecule has 0 radical (unpaired) electrons. The molecule has 0 aliphatic rings. The predicted octanol–water partition coefficient (Wildman–Crippen LogP) is 3.54. The van der Waals surface area contributed by atoms with E-state index in [1.54, 1.807) is 12.1 Å². The number of rotatable bonds is 8. The molecule has 0 bridgehead atoms. The standard InChI is InChI=1S/C16H18N2O4/c1-13-6-4-7-14(12-13)21-10-2-3-11-22-15-8-5-9-17-16(15)18(19)20/h4-9,12H,2-3,10-11H2,1H3. The Morgan fingerprint density at radius 3 is 2.64 bits per heavy atom. The van der Waals surface area contributed by atoms with E-state index >= 15 is 0 Å². The minimum atomic E-state index is -0.545. The van der Waals surface area contributed by atoms with Gasteiger partial charge in [-0.2, -0.15) is 0 Å². The molecule has 6 heteroatoms. The highest BCUT2D eigenvalue weighted by atomic mass is 16.6. The molecule has 0 aliphatic carbocycles. The number of aromatic nitrogens is 1. The van der Waals surface area contributed by atoms with Gasteiger partial charge >= 0.3 is 5.82 Å². The van der Waals surface area contributed by atoms with E-state index in [-0.39, 0.29) is 11.6 Å². The Morgan fingerprint density at radius 2 is 1.91 bits per heavy atom. The average Bonchev–Trinajstić information content (AvgIpc) is 2.51. The van der Waals surface area contributed by atoms with Gasteiger partial charge in [-0.15, -0.1) is 0 Å². The van der Waals surface area contributed by atoms with Gasteiger partial charge in [-0.1, -0.05) is 12.1 Å². The van der Waals surface area contributed by atoms with Crippen LogP contribution < -0.4 is 9.47 Å². The first kappa shape index (κ1) is 15.8. The van der Waals surface area contributed by atoms with Crippen LogP contribution in [0.3, 0.4) is 0 Å². The van der Waals surface area contributed by atoms with Crippen molar-refractivity contribution in [3.8, 4) is 11.5 Å². The molecule has 2 rings (SSSR count). The Bertz CT molecular complexity index is 631. The number of nitro groups is 1. The summed E-state index contributed by atoms with van der Waals surface area (Å²) in [5.41, 5.74) is 1.16. The van der Waals surface area contributed by atoms with Crippen molar-refractivity contribution in [2.45, 2.75) is 19.8 Å². The van der Waals surface area contributed by atoms with Crippen LogP contribution in [0.5, 0.6) is 11.5 Å². The average molecular weight is 302 g/mol. The predicted molar refractivity (Wildman–Crippen MR) is 82.3 cm³/mol. The zero-order chi connectivity index (χ0) is 15.8. The summed E-state index contributed by atoms with van der Waals surface area (Å²) in [6, 6.07) is 11.0. The van der Waals surface area contributed by atoms with Crippen molar-refractivity contribution < 1.29 is 14.4 Å². The topological polar surface area (TPSA) is 74.5 Å². The molecule has 2 aromatic rings. The fraction of sp³-hybridized carbons (Fsp3) is 0.312. The molecule has 6 nitrogen and oxygen atoms in total. The highest BCUT2D eigenvalue weighted by Crippen LogP contribution is 2.23. The lowest BCUT2D eigenvalue weighted by Gasteiger charge is -2.08.